The lowest BCUT2D eigenvalue weighted by atomic mass is 9.57. The Balaban J connectivity index is 2.02. The van der Waals surface area contributed by atoms with Crippen LogP contribution in [0.4, 0.5) is 0 Å². The molecule has 3 rings (SSSR count). The van der Waals surface area contributed by atoms with Crippen LogP contribution in [0, 0.1) is 23.2 Å². The fourth-order valence-corrected chi connectivity index (χ4v) is 4.78. The molecule has 3 aliphatic rings. The zero-order valence-corrected chi connectivity index (χ0v) is 12.5. The monoisotopic (exact) mass is 258 g/mol. The fraction of sp³-hybridized carbons (Fsp3) is 0.722. The normalized spacial score (nSPS) is 37.6. The summed E-state index contributed by atoms with van der Waals surface area (Å²) in [5.41, 5.74) is 3.26. The zero-order chi connectivity index (χ0) is 13.6. The van der Waals surface area contributed by atoms with Gasteiger partial charge in [-0.05, 0) is 56.8 Å². The van der Waals surface area contributed by atoms with Gasteiger partial charge in [0.2, 0.25) is 0 Å². The van der Waals surface area contributed by atoms with Gasteiger partial charge in [0.1, 0.15) is 5.78 Å². The summed E-state index contributed by atoms with van der Waals surface area (Å²) in [5, 5.41) is 0. The standard InChI is InChI=1S/C18H26O/c1-12-8-10-16-17(19)14-7-5-4-6-13(14)9-11-15(12)18(16,2)3/h4,6,13-14,16H,5,7-11H2,1-3H3/t13-,14-,16+/m0/s1. The highest BCUT2D eigenvalue weighted by Gasteiger charge is 2.46. The largest absolute Gasteiger partial charge is 0.299 e. The van der Waals surface area contributed by atoms with Crippen molar-refractivity contribution in [3.05, 3.63) is 23.3 Å². The molecule has 19 heavy (non-hydrogen) atoms. The second kappa shape index (κ2) is 4.61. The van der Waals surface area contributed by atoms with Gasteiger partial charge in [0.15, 0.2) is 0 Å². The van der Waals surface area contributed by atoms with E-state index in [2.05, 4.69) is 32.9 Å². The minimum Gasteiger partial charge on any atom is -0.299 e. The van der Waals surface area contributed by atoms with E-state index in [0.717, 1.165) is 25.7 Å². The average molecular weight is 258 g/mol. The number of carbonyl (C=O) groups excluding carboxylic acids is 1. The van der Waals surface area contributed by atoms with Gasteiger partial charge < -0.3 is 0 Å². The number of hydrogen-bond acceptors (Lipinski definition) is 1. The van der Waals surface area contributed by atoms with Crippen molar-refractivity contribution in [1.82, 2.24) is 0 Å². The van der Waals surface area contributed by atoms with Gasteiger partial charge in [0.25, 0.3) is 0 Å². The van der Waals surface area contributed by atoms with E-state index in [9.17, 15) is 4.79 Å². The zero-order valence-electron chi connectivity index (χ0n) is 12.5. The molecule has 2 bridgehead atoms. The third-order valence-corrected chi connectivity index (χ3v) is 5.95. The van der Waals surface area contributed by atoms with Crippen LogP contribution in [0.5, 0.6) is 0 Å². The van der Waals surface area contributed by atoms with Crippen molar-refractivity contribution in [3.8, 4) is 0 Å². The van der Waals surface area contributed by atoms with E-state index in [0.29, 0.717) is 17.6 Å². The first kappa shape index (κ1) is 13.1. The third kappa shape index (κ3) is 2.02. The van der Waals surface area contributed by atoms with E-state index in [1.54, 1.807) is 11.1 Å². The third-order valence-electron chi connectivity index (χ3n) is 5.95. The molecule has 104 valence electrons. The summed E-state index contributed by atoms with van der Waals surface area (Å²) >= 11 is 0. The molecule has 0 unspecified atom stereocenters. The van der Waals surface area contributed by atoms with Crippen molar-refractivity contribution in [3.63, 3.8) is 0 Å². The summed E-state index contributed by atoms with van der Waals surface area (Å²) < 4.78 is 0. The van der Waals surface area contributed by atoms with Gasteiger partial charge in [-0.15, -0.1) is 0 Å². The van der Waals surface area contributed by atoms with E-state index in [1.165, 1.54) is 12.8 Å². The molecule has 0 spiro atoms. The van der Waals surface area contributed by atoms with Crippen LogP contribution in [0.25, 0.3) is 0 Å². The Bertz CT molecular complexity index is 452. The molecule has 0 radical (unpaired) electrons. The van der Waals surface area contributed by atoms with Crippen molar-refractivity contribution in [2.75, 3.05) is 0 Å². The molecule has 0 aliphatic heterocycles. The SMILES string of the molecule is CC1=C2CC[C@@H]3C=CCC[C@@H]3C(=O)[C@@H](CC1)C2(C)C. The van der Waals surface area contributed by atoms with Crippen LogP contribution in [0.2, 0.25) is 0 Å². The van der Waals surface area contributed by atoms with Crippen LogP contribution < -0.4 is 0 Å². The number of ketones is 1. The Kier molecular flexibility index (Phi) is 3.19. The Labute approximate surface area is 117 Å². The second-order valence-corrected chi connectivity index (χ2v) is 7.29. The predicted molar refractivity (Wildman–Crippen MR) is 78.8 cm³/mol. The molecule has 0 aromatic rings. The molecule has 1 fully saturated rings. The smallest absolute Gasteiger partial charge is 0.140 e. The lowest BCUT2D eigenvalue weighted by Crippen LogP contribution is -2.43. The van der Waals surface area contributed by atoms with Gasteiger partial charge in [0, 0.05) is 11.8 Å². The van der Waals surface area contributed by atoms with E-state index >= 15 is 0 Å². The lowest BCUT2D eigenvalue weighted by molar-refractivity contribution is -0.132. The lowest BCUT2D eigenvalue weighted by Gasteiger charge is -2.46. The molecule has 3 atom stereocenters. The molecule has 0 aromatic carbocycles. The van der Waals surface area contributed by atoms with Gasteiger partial charge in [-0.2, -0.15) is 0 Å². The van der Waals surface area contributed by atoms with Crippen molar-refractivity contribution >= 4 is 5.78 Å². The summed E-state index contributed by atoms with van der Waals surface area (Å²) in [5.74, 6) is 1.67. The molecule has 0 amide bonds. The fourth-order valence-electron chi connectivity index (χ4n) is 4.78. The van der Waals surface area contributed by atoms with Crippen LogP contribution in [0.1, 0.15) is 59.3 Å². The van der Waals surface area contributed by atoms with Crippen LogP contribution in [-0.2, 0) is 4.79 Å². The summed E-state index contributed by atoms with van der Waals surface area (Å²) in [6.45, 7) is 6.91. The van der Waals surface area contributed by atoms with Gasteiger partial charge in [-0.1, -0.05) is 37.1 Å². The molecular formula is C18H26O. The molecule has 0 N–H and O–H groups in total. The summed E-state index contributed by atoms with van der Waals surface area (Å²) in [4.78, 5) is 13.0. The molecule has 0 saturated heterocycles. The van der Waals surface area contributed by atoms with E-state index in [4.69, 9.17) is 0 Å². The Hall–Kier alpha value is -0.850. The number of allylic oxidation sites excluding steroid dienone is 4. The summed E-state index contributed by atoms with van der Waals surface area (Å²) in [6.07, 6.45) is 11.4. The summed E-state index contributed by atoms with van der Waals surface area (Å²) in [7, 11) is 0. The maximum absolute atomic E-state index is 13.0. The predicted octanol–water partition coefficient (Wildman–Crippen LogP) is 4.68. The minimum atomic E-state index is 0.103. The first-order chi connectivity index (χ1) is 9.01. The number of fused-ring (bicyclic) bond motifs is 3. The number of carbonyl (C=O) groups is 1. The average Bonchev–Trinajstić information content (AvgIpc) is 2.37. The maximum atomic E-state index is 13.0. The first-order valence-corrected chi connectivity index (χ1v) is 7.91. The minimum absolute atomic E-state index is 0.103. The van der Waals surface area contributed by atoms with E-state index < -0.39 is 0 Å². The van der Waals surface area contributed by atoms with Crippen molar-refractivity contribution in [2.24, 2.45) is 23.2 Å². The molecule has 1 saturated carbocycles. The number of rotatable bonds is 0. The molecule has 0 aromatic heterocycles. The molecule has 3 aliphatic carbocycles. The highest BCUT2D eigenvalue weighted by Crippen LogP contribution is 2.51. The van der Waals surface area contributed by atoms with Crippen LogP contribution in [0.3, 0.4) is 0 Å². The summed E-state index contributed by atoms with van der Waals surface area (Å²) in [6, 6.07) is 0. The van der Waals surface area contributed by atoms with Gasteiger partial charge >= 0.3 is 0 Å². The van der Waals surface area contributed by atoms with Gasteiger partial charge in [-0.25, -0.2) is 0 Å². The quantitative estimate of drug-likeness (QED) is 0.576. The van der Waals surface area contributed by atoms with E-state index in [1.807, 2.05) is 0 Å². The molecule has 1 nitrogen and oxygen atoms in total. The van der Waals surface area contributed by atoms with Crippen LogP contribution in [0.15, 0.2) is 23.3 Å². The second-order valence-electron chi connectivity index (χ2n) is 7.29. The molecule has 1 heteroatoms. The maximum Gasteiger partial charge on any atom is 0.140 e. The number of hydrogen-bond donors (Lipinski definition) is 0. The van der Waals surface area contributed by atoms with Gasteiger partial charge in [-0.3, -0.25) is 4.79 Å². The Morgan fingerprint density at radius 3 is 2.74 bits per heavy atom. The van der Waals surface area contributed by atoms with E-state index in [-0.39, 0.29) is 11.3 Å². The Morgan fingerprint density at radius 2 is 1.95 bits per heavy atom. The van der Waals surface area contributed by atoms with Crippen molar-refractivity contribution < 1.29 is 4.79 Å². The molecular weight excluding hydrogens is 232 g/mol. The Morgan fingerprint density at radius 1 is 1.16 bits per heavy atom. The first-order valence-electron chi connectivity index (χ1n) is 7.91. The molecule has 0 heterocycles. The van der Waals surface area contributed by atoms with Gasteiger partial charge in [0.05, 0.1) is 0 Å². The van der Waals surface area contributed by atoms with Crippen LogP contribution in [-0.4, -0.2) is 5.78 Å². The highest BCUT2D eigenvalue weighted by atomic mass is 16.1. The highest BCUT2D eigenvalue weighted by molar-refractivity contribution is 5.85. The van der Waals surface area contributed by atoms with Crippen molar-refractivity contribution in [2.45, 2.75) is 59.3 Å². The number of Topliss-reactive ketones (excluding diaryl/α,β-unsaturated/α-hetero) is 1. The topological polar surface area (TPSA) is 17.1 Å². The van der Waals surface area contributed by atoms with Crippen LogP contribution >= 0.6 is 0 Å². The van der Waals surface area contributed by atoms with Crippen molar-refractivity contribution in [1.29, 1.82) is 0 Å².